The molecule has 0 radical (unpaired) electrons. The van der Waals surface area contributed by atoms with Crippen LogP contribution in [0.25, 0.3) is 0 Å². The van der Waals surface area contributed by atoms with Crippen molar-refractivity contribution in [1.29, 1.82) is 0 Å². The number of nitrogens with zero attached hydrogens (tertiary/aromatic N) is 2. The zero-order valence-electron chi connectivity index (χ0n) is 12.8. The van der Waals surface area contributed by atoms with Gasteiger partial charge in [0.25, 0.3) is 0 Å². The SMILES string of the molecule is Fc1cccc(Cn2ccc(NC(=S)Nc3ccc(Cl)c(Cl)c3)n2)c1. The number of aromatic nitrogens is 2. The van der Waals surface area contributed by atoms with Crippen LogP contribution in [0.4, 0.5) is 15.9 Å². The summed E-state index contributed by atoms with van der Waals surface area (Å²) in [6, 6.07) is 13.3. The van der Waals surface area contributed by atoms with E-state index >= 15 is 0 Å². The first-order valence-corrected chi connectivity index (χ1v) is 8.47. The highest BCUT2D eigenvalue weighted by Crippen LogP contribution is 2.25. The Hall–Kier alpha value is -2.15. The standard InChI is InChI=1S/C17H13Cl2FN4S/c18-14-5-4-13(9-15(14)19)21-17(25)22-16-6-7-24(23-16)10-11-2-1-3-12(20)8-11/h1-9H,10H2,(H2,21,22,23,25). The normalized spacial score (nSPS) is 10.5. The quantitative estimate of drug-likeness (QED) is 0.597. The molecule has 0 aliphatic rings. The molecule has 0 aliphatic carbocycles. The molecule has 4 nitrogen and oxygen atoms in total. The lowest BCUT2D eigenvalue weighted by molar-refractivity contribution is 0.619. The molecule has 3 rings (SSSR count). The van der Waals surface area contributed by atoms with E-state index in [0.717, 1.165) is 5.56 Å². The third-order valence-corrected chi connectivity index (χ3v) is 4.24. The highest BCUT2D eigenvalue weighted by atomic mass is 35.5. The molecule has 0 aliphatic heterocycles. The summed E-state index contributed by atoms with van der Waals surface area (Å²) in [5, 5.41) is 11.6. The van der Waals surface area contributed by atoms with E-state index in [-0.39, 0.29) is 5.82 Å². The van der Waals surface area contributed by atoms with Gasteiger partial charge in [-0.15, -0.1) is 0 Å². The Bertz CT molecular complexity index is 913. The zero-order chi connectivity index (χ0) is 17.8. The van der Waals surface area contributed by atoms with E-state index in [1.807, 2.05) is 6.07 Å². The van der Waals surface area contributed by atoms with Crippen molar-refractivity contribution in [3.63, 3.8) is 0 Å². The summed E-state index contributed by atoms with van der Waals surface area (Å²) in [6.07, 6.45) is 1.79. The lowest BCUT2D eigenvalue weighted by Gasteiger charge is -2.09. The molecule has 1 aromatic heterocycles. The summed E-state index contributed by atoms with van der Waals surface area (Å²) in [7, 11) is 0. The van der Waals surface area contributed by atoms with E-state index in [1.54, 1.807) is 41.2 Å². The molecule has 0 saturated carbocycles. The maximum atomic E-state index is 13.2. The van der Waals surface area contributed by atoms with Crippen molar-refractivity contribution in [2.24, 2.45) is 0 Å². The Morgan fingerprint density at radius 2 is 1.92 bits per heavy atom. The molecule has 8 heteroatoms. The lowest BCUT2D eigenvalue weighted by Crippen LogP contribution is -2.19. The van der Waals surface area contributed by atoms with Crippen molar-refractivity contribution in [2.75, 3.05) is 10.6 Å². The topological polar surface area (TPSA) is 41.9 Å². The lowest BCUT2D eigenvalue weighted by atomic mass is 10.2. The predicted octanol–water partition coefficient (Wildman–Crippen LogP) is 5.19. The van der Waals surface area contributed by atoms with Crippen molar-refractivity contribution >= 4 is 52.0 Å². The molecule has 0 unspecified atom stereocenters. The summed E-state index contributed by atoms with van der Waals surface area (Å²) in [5.41, 5.74) is 1.54. The molecular formula is C17H13Cl2FN4S. The van der Waals surface area contributed by atoms with Crippen LogP contribution in [0.1, 0.15) is 5.56 Å². The fraction of sp³-hybridized carbons (Fsp3) is 0.0588. The fourth-order valence-corrected chi connectivity index (χ4v) is 2.71. The third-order valence-electron chi connectivity index (χ3n) is 3.29. The van der Waals surface area contributed by atoms with Gasteiger partial charge in [0.2, 0.25) is 0 Å². The van der Waals surface area contributed by atoms with E-state index < -0.39 is 0 Å². The van der Waals surface area contributed by atoms with Crippen LogP contribution in [0, 0.1) is 5.82 Å². The van der Waals surface area contributed by atoms with Gasteiger partial charge in [0.1, 0.15) is 5.82 Å². The number of hydrogen-bond donors (Lipinski definition) is 2. The van der Waals surface area contributed by atoms with Gasteiger partial charge in [0.05, 0.1) is 16.6 Å². The molecule has 0 atom stereocenters. The van der Waals surface area contributed by atoms with Crippen LogP contribution >= 0.6 is 35.4 Å². The first-order chi connectivity index (χ1) is 12.0. The number of hydrogen-bond acceptors (Lipinski definition) is 2. The minimum absolute atomic E-state index is 0.269. The second-order valence-corrected chi connectivity index (χ2v) is 6.46. The molecule has 0 bridgehead atoms. The van der Waals surface area contributed by atoms with Gasteiger partial charge in [-0.05, 0) is 48.1 Å². The fourth-order valence-electron chi connectivity index (χ4n) is 2.19. The summed E-state index contributed by atoms with van der Waals surface area (Å²) in [5.74, 6) is 0.309. The van der Waals surface area contributed by atoms with Gasteiger partial charge in [0, 0.05) is 18.0 Å². The maximum Gasteiger partial charge on any atom is 0.176 e. The van der Waals surface area contributed by atoms with Gasteiger partial charge < -0.3 is 10.6 Å². The van der Waals surface area contributed by atoms with Crippen molar-refractivity contribution < 1.29 is 4.39 Å². The van der Waals surface area contributed by atoms with Crippen molar-refractivity contribution in [1.82, 2.24) is 9.78 Å². The Balaban J connectivity index is 1.60. The van der Waals surface area contributed by atoms with Crippen LogP contribution in [0.3, 0.4) is 0 Å². The van der Waals surface area contributed by atoms with Crippen LogP contribution in [-0.2, 0) is 6.54 Å². The van der Waals surface area contributed by atoms with Gasteiger partial charge in [-0.2, -0.15) is 5.10 Å². The average Bonchev–Trinajstić information content (AvgIpc) is 2.98. The Morgan fingerprint density at radius 3 is 2.68 bits per heavy atom. The smallest absolute Gasteiger partial charge is 0.176 e. The Kier molecular flexibility index (Phi) is 5.53. The highest BCUT2D eigenvalue weighted by molar-refractivity contribution is 7.80. The first kappa shape index (κ1) is 17.7. The van der Waals surface area contributed by atoms with Gasteiger partial charge in [-0.1, -0.05) is 35.3 Å². The number of benzene rings is 2. The maximum absolute atomic E-state index is 13.2. The summed E-state index contributed by atoms with van der Waals surface area (Å²) in [6.45, 7) is 0.465. The molecule has 0 fully saturated rings. The molecule has 2 aromatic carbocycles. The number of halogens is 3. The first-order valence-electron chi connectivity index (χ1n) is 7.30. The Labute approximate surface area is 159 Å². The Morgan fingerprint density at radius 1 is 1.08 bits per heavy atom. The summed E-state index contributed by atoms with van der Waals surface area (Å²) >= 11 is 17.1. The summed E-state index contributed by atoms with van der Waals surface area (Å²) in [4.78, 5) is 0. The van der Waals surface area contributed by atoms with E-state index in [0.29, 0.717) is 33.2 Å². The predicted molar refractivity (Wildman–Crippen MR) is 104 cm³/mol. The average molecular weight is 395 g/mol. The molecule has 128 valence electrons. The van der Waals surface area contributed by atoms with Gasteiger partial charge in [-0.25, -0.2) is 4.39 Å². The summed E-state index contributed by atoms with van der Waals surface area (Å²) < 4.78 is 14.9. The molecule has 0 saturated heterocycles. The van der Waals surface area contributed by atoms with Crippen molar-refractivity contribution in [3.05, 3.63) is 76.2 Å². The van der Waals surface area contributed by atoms with E-state index in [9.17, 15) is 4.39 Å². The van der Waals surface area contributed by atoms with Crippen LogP contribution in [0.15, 0.2) is 54.7 Å². The van der Waals surface area contributed by atoms with E-state index in [2.05, 4.69) is 15.7 Å². The second kappa shape index (κ2) is 7.82. The highest BCUT2D eigenvalue weighted by Gasteiger charge is 2.05. The zero-order valence-corrected chi connectivity index (χ0v) is 15.2. The number of rotatable bonds is 4. The van der Waals surface area contributed by atoms with Gasteiger partial charge in [0.15, 0.2) is 10.9 Å². The van der Waals surface area contributed by atoms with E-state index in [1.165, 1.54) is 12.1 Å². The molecule has 2 N–H and O–H groups in total. The van der Waals surface area contributed by atoms with Crippen LogP contribution in [0.2, 0.25) is 10.0 Å². The van der Waals surface area contributed by atoms with E-state index in [4.69, 9.17) is 35.4 Å². The largest absolute Gasteiger partial charge is 0.332 e. The molecule has 25 heavy (non-hydrogen) atoms. The van der Waals surface area contributed by atoms with Gasteiger partial charge >= 0.3 is 0 Å². The van der Waals surface area contributed by atoms with Crippen molar-refractivity contribution in [3.8, 4) is 0 Å². The monoisotopic (exact) mass is 394 g/mol. The number of nitrogens with one attached hydrogen (secondary N) is 2. The van der Waals surface area contributed by atoms with Crippen LogP contribution in [0.5, 0.6) is 0 Å². The molecule has 3 aromatic rings. The minimum Gasteiger partial charge on any atom is -0.332 e. The third kappa shape index (κ3) is 4.92. The molecule has 0 spiro atoms. The molecule has 1 heterocycles. The molecule has 0 amide bonds. The van der Waals surface area contributed by atoms with Crippen LogP contribution in [-0.4, -0.2) is 14.9 Å². The minimum atomic E-state index is -0.269. The number of thiocarbonyl (C=S) groups is 1. The molecular weight excluding hydrogens is 382 g/mol. The van der Waals surface area contributed by atoms with Crippen LogP contribution < -0.4 is 10.6 Å². The second-order valence-electron chi connectivity index (χ2n) is 5.24. The van der Waals surface area contributed by atoms with Crippen molar-refractivity contribution in [2.45, 2.75) is 6.54 Å². The number of anilines is 2. The van der Waals surface area contributed by atoms with Gasteiger partial charge in [-0.3, -0.25) is 4.68 Å².